The van der Waals surface area contributed by atoms with Crippen LogP contribution in [0.1, 0.15) is 76.8 Å². The summed E-state index contributed by atoms with van der Waals surface area (Å²) in [5.74, 6) is -0.659. The fraction of sp³-hybridized carbons (Fsp3) is 0.424. The molecule has 3 aliphatic rings. The third-order valence-electron chi connectivity index (χ3n) is 8.08. The number of allylic oxidation sites excluding steroid dienone is 4. The third-order valence-corrected chi connectivity index (χ3v) is 8.61. The summed E-state index contributed by atoms with van der Waals surface area (Å²) in [6.45, 7) is 8.95. The van der Waals surface area contributed by atoms with E-state index < -0.39 is 11.9 Å². The number of ketones is 2. The number of halogens is 1. The average molecular weight is 607 g/mol. The molecular formula is C33H36BrNO5. The number of carboxylic acids is 1. The Kier molecular flexibility index (Phi) is 7.55. The van der Waals surface area contributed by atoms with Gasteiger partial charge in [0.05, 0.1) is 6.42 Å². The van der Waals surface area contributed by atoms with Crippen LogP contribution in [-0.4, -0.2) is 34.1 Å². The highest BCUT2D eigenvalue weighted by atomic mass is 79.9. The molecule has 40 heavy (non-hydrogen) atoms. The van der Waals surface area contributed by atoms with Crippen LogP contribution in [0, 0.1) is 10.8 Å². The summed E-state index contributed by atoms with van der Waals surface area (Å²) >= 11 is 3.46. The molecule has 0 saturated carbocycles. The van der Waals surface area contributed by atoms with Gasteiger partial charge in [-0.25, -0.2) is 0 Å². The van der Waals surface area contributed by atoms with Crippen LogP contribution >= 0.6 is 15.9 Å². The van der Waals surface area contributed by atoms with Gasteiger partial charge in [-0.3, -0.25) is 14.4 Å². The molecule has 0 atom stereocenters. The van der Waals surface area contributed by atoms with Crippen molar-refractivity contribution in [2.24, 2.45) is 10.8 Å². The molecular weight excluding hydrogens is 570 g/mol. The van der Waals surface area contributed by atoms with Gasteiger partial charge in [-0.15, -0.1) is 0 Å². The summed E-state index contributed by atoms with van der Waals surface area (Å²) in [5.41, 5.74) is 4.39. The number of rotatable bonds is 7. The number of ether oxygens (including phenoxy) is 1. The molecule has 0 bridgehead atoms. The first kappa shape index (κ1) is 28.3. The van der Waals surface area contributed by atoms with Gasteiger partial charge in [0, 0.05) is 52.3 Å². The first-order chi connectivity index (χ1) is 18.8. The second kappa shape index (κ2) is 10.7. The number of hydrogen-bond acceptors (Lipinski definition) is 5. The van der Waals surface area contributed by atoms with Crippen molar-refractivity contribution in [3.8, 4) is 5.75 Å². The SMILES string of the molecule is CC1(C)CC(=O)C2=C(C1)N(CCC(=O)O)C1=C(C(=O)CC(C)(C)C1)C2c1cccc(OCc2ccc(Br)cc2)c1. The molecule has 2 aliphatic carbocycles. The van der Waals surface area contributed by atoms with Crippen molar-refractivity contribution in [3.05, 3.63) is 86.7 Å². The van der Waals surface area contributed by atoms with Crippen molar-refractivity contribution >= 4 is 33.5 Å². The Labute approximate surface area is 244 Å². The normalized spacial score (nSPS) is 20.4. The minimum Gasteiger partial charge on any atom is -0.489 e. The lowest BCUT2D eigenvalue weighted by atomic mass is 9.63. The van der Waals surface area contributed by atoms with Crippen molar-refractivity contribution in [3.63, 3.8) is 0 Å². The third kappa shape index (κ3) is 5.80. The Hall–Kier alpha value is -3.19. The molecule has 1 aliphatic heterocycles. The molecule has 0 spiro atoms. The molecule has 0 saturated heterocycles. The maximum Gasteiger partial charge on any atom is 0.305 e. The monoisotopic (exact) mass is 605 g/mol. The van der Waals surface area contributed by atoms with Gasteiger partial charge < -0.3 is 14.7 Å². The molecule has 2 aromatic rings. The fourth-order valence-electron chi connectivity index (χ4n) is 6.39. The van der Waals surface area contributed by atoms with E-state index in [1.807, 2.05) is 53.4 Å². The van der Waals surface area contributed by atoms with E-state index in [0.717, 1.165) is 27.0 Å². The predicted octanol–water partition coefficient (Wildman–Crippen LogP) is 7.19. The molecule has 7 heteroatoms. The van der Waals surface area contributed by atoms with E-state index in [1.54, 1.807) is 0 Å². The van der Waals surface area contributed by atoms with Gasteiger partial charge in [-0.2, -0.15) is 0 Å². The van der Waals surface area contributed by atoms with E-state index >= 15 is 0 Å². The van der Waals surface area contributed by atoms with E-state index in [2.05, 4.69) is 43.6 Å². The number of aliphatic carboxylic acids is 1. The second-order valence-electron chi connectivity index (χ2n) is 12.8. The molecule has 0 amide bonds. The van der Waals surface area contributed by atoms with Gasteiger partial charge in [0.25, 0.3) is 0 Å². The molecule has 1 heterocycles. The van der Waals surface area contributed by atoms with Crippen LogP contribution < -0.4 is 4.74 Å². The molecule has 1 N–H and O–H groups in total. The Balaban J connectivity index is 1.61. The van der Waals surface area contributed by atoms with Gasteiger partial charge in [0.1, 0.15) is 12.4 Å². The second-order valence-corrected chi connectivity index (χ2v) is 13.7. The van der Waals surface area contributed by atoms with Crippen LogP contribution in [0.15, 0.2) is 75.5 Å². The fourth-order valence-corrected chi connectivity index (χ4v) is 6.65. The van der Waals surface area contributed by atoms with Crippen LogP contribution in [0.4, 0.5) is 0 Å². The Morgan fingerprint density at radius 1 is 0.925 bits per heavy atom. The van der Waals surface area contributed by atoms with E-state index in [-0.39, 0.29) is 35.4 Å². The highest BCUT2D eigenvalue weighted by molar-refractivity contribution is 9.10. The van der Waals surface area contributed by atoms with E-state index in [4.69, 9.17) is 4.74 Å². The number of carboxylic acid groups (broad SMARTS) is 1. The maximum absolute atomic E-state index is 13.9. The quantitative estimate of drug-likeness (QED) is 0.359. The minimum atomic E-state index is -0.898. The predicted molar refractivity (Wildman–Crippen MR) is 157 cm³/mol. The van der Waals surface area contributed by atoms with Gasteiger partial charge in [0.15, 0.2) is 11.6 Å². The summed E-state index contributed by atoms with van der Waals surface area (Å²) in [4.78, 5) is 41.4. The van der Waals surface area contributed by atoms with Gasteiger partial charge in [0.2, 0.25) is 0 Å². The molecule has 0 fully saturated rings. The first-order valence-corrected chi connectivity index (χ1v) is 14.6. The lowest BCUT2D eigenvalue weighted by Gasteiger charge is -2.49. The molecule has 5 rings (SSSR count). The first-order valence-electron chi connectivity index (χ1n) is 13.8. The lowest BCUT2D eigenvalue weighted by molar-refractivity contribution is -0.137. The van der Waals surface area contributed by atoms with Crippen molar-refractivity contribution in [2.45, 2.75) is 72.3 Å². The van der Waals surface area contributed by atoms with E-state index in [1.165, 1.54) is 0 Å². The van der Waals surface area contributed by atoms with Crippen molar-refractivity contribution in [2.75, 3.05) is 6.54 Å². The molecule has 2 aromatic carbocycles. The van der Waals surface area contributed by atoms with Crippen LogP contribution in [0.25, 0.3) is 0 Å². The highest BCUT2D eigenvalue weighted by Crippen LogP contribution is 2.54. The maximum atomic E-state index is 13.9. The Bertz CT molecular complexity index is 1380. The Morgan fingerprint density at radius 2 is 1.50 bits per heavy atom. The number of carbonyl (C=O) groups excluding carboxylic acids is 2. The zero-order valence-electron chi connectivity index (χ0n) is 23.6. The number of Topliss-reactive ketones (excluding diaryl/α,β-unsaturated/α-hetero) is 2. The van der Waals surface area contributed by atoms with Crippen LogP contribution in [0.3, 0.4) is 0 Å². The zero-order valence-corrected chi connectivity index (χ0v) is 25.1. The largest absolute Gasteiger partial charge is 0.489 e. The summed E-state index contributed by atoms with van der Waals surface area (Å²) in [5, 5.41) is 9.54. The van der Waals surface area contributed by atoms with Crippen LogP contribution in [0.2, 0.25) is 0 Å². The van der Waals surface area contributed by atoms with Gasteiger partial charge >= 0.3 is 5.97 Å². The summed E-state index contributed by atoms with van der Waals surface area (Å²) < 4.78 is 7.15. The van der Waals surface area contributed by atoms with Crippen molar-refractivity contribution < 1.29 is 24.2 Å². The highest BCUT2D eigenvalue weighted by Gasteiger charge is 2.49. The van der Waals surface area contributed by atoms with Crippen molar-refractivity contribution in [1.29, 1.82) is 0 Å². The lowest BCUT2D eigenvalue weighted by Crippen LogP contribution is -2.45. The number of carbonyl (C=O) groups is 3. The van der Waals surface area contributed by atoms with E-state index in [0.29, 0.717) is 49.2 Å². The summed E-state index contributed by atoms with van der Waals surface area (Å²) in [6.07, 6.45) is 2.00. The topological polar surface area (TPSA) is 83.9 Å². The van der Waals surface area contributed by atoms with E-state index in [9.17, 15) is 19.5 Å². The number of benzene rings is 2. The van der Waals surface area contributed by atoms with Crippen LogP contribution in [0.5, 0.6) is 5.75 Å². The molecule has 210 valence electrons. The molecule has 0 unspecified atom stereocenters. The summed E-state index contributed by atoms with van der Waals surface area (Å²) in [7, 11) is 0. The zero-order chi connectivity index (χ0) is 28.8. The van der Waals surface area contributed by atoms with Gasteiger partial charge in [-0.1, -0.05) is 67.9 Å². The number of nitrogens with zero attached hydrogens (tertiary/aromatic N) is 1. The summed E-state index contributed by atoms with van der Waals surface area (Å²) in [6, 6.07) is 15.7. The smallest absolute Gasteiger partial charge is 0.305 e. The van der Waals surface area contributed by atoms with Gasteiger partial charge in [-0.05, 0) is 59.1 Å². The average Bonchev–Trinajstić information content (AvgIpc) is 2.85. The number of hydrogen-bond donors (Lipinski definition) is 1. The minimum absolute atomic E-state index is 0.0296. The molecule has 6 nitrogen and oxygen atoms in total. The Morgan fingerprint density at radius 3 is 2.05 bits per heavy atom. The standard InChI is InChI=1S/C33H36BrNO5/c1-32(2)15-24-30(26(36)17-32)29(21-6-5-7-23(14-21)40-19-20-8-10-22(34)11-9-20)31-25(35(24)13-12-28(38)39)16-33(3,4)18-27(31)37/h5-11,14,29H,12-13,15-19H2,1-4H3,(H,38,39). The van der Waals surface area contributed by atoms with Crippen molar-refractivity contribution in [1.82, 2.24) is 4.90 Å². The van der Waals surface area contributed by atoms with Crippen LogP contribution in [-0.2, 0) is 21.0 Å². The molecule has 0 radical (unpaired) electrons. The molecule has 0 aromatic heterocycles.